The van der Waals surface area contributed by atoms with Crippen LogP contribution >= 0.6 is 22.7 Å². The van der Waals surface area contributed by atoms with E-state index in [9.17, 15) is 9.59 Å². The van der Waals surface area contributed by atoms with E-state index in [4.69, 9.17) is 4.74 Å². The third-order valence-corrected chi connectivity index (χ3v) is 5.37. The van der Waals surface area contributed by atoms with Crippen LogP contribution in [-0.4, -0.2) is 22.8 Å². The number of hydrogen-bond donors (Lipinski definition) is 0. The van der Waals surface area contributed by atoms with Gasteiger partial charge in [-0.3, -0.25) is 9.69 Å². The van der Waals surface area contributed by atoms with E-state index < -0.39 is 5.97 Å². The second kappa shape index (κ2) is 7.26. The van der Waals surface area contributed by atoms with E-state index in [1.165, 1.54) is 34.5 Å². The van der Waals surface area contributed by atoms with Gasteiger partial charge in [-0.1, -0.05) is 24.3 Å². The van der Waals surface area contributed by atoms with Crippen LogP contribution in [0.1, 0.15) is 17.5 Å². The van der Waals surface area contributed by atoms with Crippen molar-refractivity contribution < 1.29 is 14.3 Å². The van der Waals surface area contributed by atoms with E-state index in [0.717, 1.165) is 10.6 Å². The summed E-state index contributed by atoms with van der Waals surface area (Å²) in [7, 11) is 0. The van der Waals surface area contributed by atoms with Crippen molar-refractivity contribution in [2.45, 2.75) is 6.92 Å². The molecule has 0 radical (unpaired) electrons. The number of para-hydroxylation sites is 1. The predicted molar refractivity (Wildman–Crippen MR) is 106 cm³/mol. The third kappa shape index (κ3) is 3.57. The number of amides is 1. The van der Waals surface area contributed by atoms with Gasteiger partial charge in [-0.05, 0) is 29.7 Å². The highest BCUT2D eigenvalue weighted by atomic mass is 32.1. The molecule has 1 aliphatic heterocycles. The summed E-state index contributed by atoms with van der Waals surface area (Å²) in [6.07, 6.45) is 1.56. The Hall–Kier alpha value is -3.10. The lowest BCUT2D eigenvalue weighted by Gasteiger charge is -2.17. The van der Waals surface area contributed by atoms with Gasteiger partial charge in [-0.2, -0.15) is 0 Å². The van der Waals surface area contributed by atoms with Gasteiger partial charge in [0.2, 0.25) is 11.8 Å². The molecular formula is C19H13N3O3S2. The zero-order valence-electron chi connectivity index (χ0n) is 14.2. The molecule has 1 aliphatic rings. The number of aliphatic imine (C=N–C) groups is 1. The van der Waals surface area contributed by atoms with Crippen molar-refractivity contribution in [1.29, 1.82) is 0 Å². The number of anilines is 2. The van der Waals surface area contributed by atoms with Crippen LogP contribution in [0.4, 0.5) is 10.8 Å². The zero-order valence-corrected chi connectivity index (χ0v) is 15.8. The summed E-state index contributed by atoms with van der Waals surface area (Å²) in [4.78, 5) is 35.2. The first kappa shape index (κ1) is 17.3. The van der Waals surface area contributed by atoms with E-state index >= 15 is 0 Å². The van der Waals surface area contributed by atoms with Crippen molar-refractivity contribution in [3.63, 3.8) is 0 Å². The number of esters is 1. The fraction of sp³-hybridized carbons (Fsp3) is 0.0526. The van der Waals surface area contributed by atoms with Crippen molar-refractivity contribution in [3.05, 3.63) is 69.5 Å². The molecule has 1 aromatic carbocycles. The summed E-state index contributed by atoms with van der Waals surface area (Å²) in [5, 5.41) is 4.18. The second-order valence-corrected chi connectivity index (χ2v) is 7.34. The highest BCUT2D eigenvalue weighted by molar-refractivity contribution is 7.14. The number of hydrogen-bond acceptors (Lipinski definition) is 7. The fourth-order valence-electron chi connectivity index (χ4n) is 2.50. The number of carbonyl (C=O) groups excluding carboxylic acids is 2. The van der Waals surface area contributed by atoms with Gasteiger partial charge in [-0.15, -0.1) is 22.7 Å². The summed E-state index contributed by atoms with van der Waals surface area (Å²) in [6.45, 7) is 1.48. The Labute approximate surface area is 163 Å². The average molecular weight is 395 g/mol. The maximum Gasteiger partial charge on any atom is 0.363 e. The zero-order chi connectivity index (χ0) is 18.8. The first-order chi connectivity index (χ1) is 13.1. The van der Waals surface area contributed by atoms with Crippen LogP contribution in [0.3, 0.4) is 0 Å². The van der Waals surface area contributed by atoms with Crippen LogP contribution in [-0.2, 0) is 14.3 Å². The van der Waals surface area contributed by atoms with Gasteiger partial charge in [0.15, 0.2) is 10.8 Å². The summed E-state index contributed by atoms with van der Waals surface area (Å²) in [6, 6.07) is 13.0. The Morgan fingerprint density at radius 3 is 2.67 bits per heavy atom. The molecule has 0 fully saturated rings. The van der Waals surface area contributed by atoms with Crippen LogP contribution in [0.2, 0.25) is 0 Å². The van der Waals surface area contributed by atoms with Gasteiger partial charge in [-0.25, -0.2) is 14.8 Å². The Balaban J connectivity index is 1.63. The van der Waals surface area contributed by atoms with E-state index in [1.807, 2.05) is 47.8 Å². The molecule has 0 aliphatic carbocycles. The Bertz CT molecular complexity index is 1050. The number of rotatable bonds is 4. The molecule has 134 valence electrons. The lowest BCUT2D eigenvalue weighted by atomic mass is 10.3. The largest absolute Gasteiger partial charge is 0.401 e. The minimum atomic E-state index is -0.514. The quantitative estimate of drug-likeness (QED) is 0.489. The van der Waals surface area contributed by atoms with Crippen LogP contribution in [0, 0.1) is 0 Å². The van der Waals surface area contributed by atoms with E-state index in [1.54, 1.807) is 11.5 Å². The molecule has 0 bridgehead atoms. The summed E-state index contributed by atoms with van der Waals surface area (Å²) in [5.74, 6) is -0.362. The van der Waals surface area contributed by atoms with Crippen LogP contribution in [0.15, 0.2) is 63.9 Å². The van der Waals surface area contributed by atoms with Crippen molar-refractivity contribution in [2.24, 2.45) is 4.99 Å². The molecule has 3 heterocycles. The number of thiophene rings is 1. The summed E-state index contributed by atoms with van der Waals surface area (Å²) in [5.41, 5.74) is 1.46. The van der Waals surface area contributed by atoms with Crippen LogP contribution < -0.4 is 4.90 Å². The number of ether oxygens (including phenoxy) is 1. The van der Waals surface area contributed by atoms with Crippen molar-refractivity contribution in [3.8, 4) is 0 Å². The number of carbonyl (C=O) groups is 2. The smallest absolute Gasteiger partial charge is 0.363 e. The highest BCUT2D eigenvalue weighted by Gasteiger charge is 2.25. The van der Waals surface area contributed by atoms with E-state index in [-0.39, 0.29) is 11.6 Å². The summed E-state index contributed by atoms with van der Waals surface area (Å²) < 4.78 is 5.22. The maximum atomic E-state index is 12.1. The molecule has 0 unspecified atom stereocenters. The van der Waals surface area contributed by atoms with Crippen LogP contribution in [0.5, 0.6) is 0 Å². The maximum absolute atomic E-state index is 12.1. The number of cyclic esters (lactones) is 1. The predicted octanol–water partition coefficient (Wildman–Crippen LogP) is 4.23. The number of nitrogens with zero attached hydrogens (tertiary/aromatic N) is 3. The number of thiazole rings is 1. The van der Waals surface area contributed by atoms with E-state index in [2.05, 4.69) is 9.98 Å². The molecule has 0 atom stereocenters. The van der Waals surface area contributed by atoms with Gasteiger partial charge >= 0.3 is 5.97 Å². The monoisotopic (exact) mass is 395 g/mol. The number of aromatic nitrogens is 1. The Morgan fingerprint density at radius 2 is 1.96 bits per heavy atom. The topological polar surface area (TPSA) is 71.9 Å². The van der Waals surface area contributed by atoms with Crippen LogP contribution in [0.25, 0.3) is 6.08 Å². The van der Waals surface area contributed by atoms with Crippen molar-refractivity contribution in [1.82, 2.24) is 4.98 Å². The molecule has 4 rings (SSSR count). The molecule has 0 N–H and O–H groups in total. The Kier molecular flexibility index (Phi) is 4.66. The molecule has 27 heavy (non-hydrogen) atoms. The SMILES string of the molecule is CC(=O)N(c1ccccc1)c1nc(/C=C2\N=C(c3cccs3)OC2=O)cs1. The molecule has 0 spiro atoms. The molecule has 6 nitrogen and oxygen atoms in total. The van der Waals surface area contributed by atoms with Gasteiger partial charge in [0.1, 0.15) is 0 Å². The lowest BCUT2D eigenvalue weighted by molar-refractivity contribution is -0.129. The summed E-state index contributed by atoms with van der Waals surface area (Å²) >= 11 is 2.76. The molecule has 0 saturated carbocycles. The third-order valence-electron chi connectivity index (χ3n) is 3.67. The minimum absolute atomic E-state index is 0.145. The molecule has 3 aromatic rings. The average Bonchev–Trinajstić information content (AvgIpc) is 3.39. The first-order valence-electron chi connectivity index (χ1n) is 7.99. The molecule has 1 amide bonds. The normalized spacial score (nSPS) is 14.9. The molecule has 8 heteroatoms. The fourth-order valence-corrected chi connectivity index (χ4v) is 4.00. The van der Waals surface area contributed by atoms with Gasteiger partial charge in [0.25, 0.3) is 0 Å². The van der Waals surface area contributed by atoms with E-state index in [0.29, 0.717) is 16.7 Å². The van der Waals surface area contributed by atoms with Crippen molar-refractivity contribution in [2.75, 3.05) is 4.90 Å². The Morgan fingerprint density at radius 1 is 1.15 bits per heavy atom. The van der Waals surface area contributed by atoms with Gasteiger partial charge < -0.3 is 4.74 Å². The highest BCUT2D eigenvalue weighted by Crippen LogP contribution is 2.30. The molecule has 2 aromatic heterocycles. The lowest BCUT2D eigenvalue weighted by Crippen LogP contribution is -2.22. The van der Waals surface area contributed by atoms with Crippen molar-refractivity contribution >= 4 is 57.3 Å². The number of benzene rings is 1. The molecular weight excluding hydrogens is 382 g/mol. The molecule has 0 saturated heterocycles. The standard InChI is InChI=1S/C19H13N3O3S2/c1-12(23)22(14-6-3-2-4-7-14)19-20-13(11-27-19)10-15-18(24)25-17(21-15)16-8-5-9-26-16/h2-11H,1H3/b15-10-. The minimum Gasteiger partial charge on any atom is -0.401 e. The van der Waals surface area contributed by atoms with Gasteiger partial charge in [0, 0.05) is 12.3 Å². The second-order valence-electron chi connectivity index (χ2n) is 5.56. The first-order valence-corrected chi connectivity index (χ1v) is 9.75. The van der Waals surface area contributed by atoms with Gasteiger partial charge in [0.05, 0.1) is 16.3 Å².